The monoisotopic (exact) mass is 432 g/mol. The molecule has 1 aliphatic rings. The van der Waals surface area contributed by atoms with Gasteiger partial charge in [-0.1, -0.05) is 64.2 Å². The number of carbonyl (C=O) groups excluding carboxylic acids is 1. The SMILES string of the molecule is O=C(c1cc(Cl)ccc1Cl)N1CCN=C1SCc1ccc(Cl)c(Cl)c1. The summed E-state index contributed by atoms with van der Waals surface area (Å²) in [6.45, 7) is 1.08. The Balaban J connectivity index is 1.72. The van der Waals surface area contributed by atoms with Gasteiger partial charge in [-0.25, -0.2) is 0 Å². The highest BCUT2D eigenvalue weighted by Gasteiger charge is 2.26. The second-order valence-electron chi connectivity index (χ2n) is 5.28. The van der Waals surface area contributed by atoms with E-state index in [1.807, 2.05) is 12.1 Å². The molecule has 0 saturated heterocycles. The number of aliphatic imine (C=N–C) groups is 1. The molecule has 0 spiro atoms. The van der Waals surface area contributed by atoms with E-state index in [9.17, 15) is 4.79 Å². The van der Waals surface area contributed by atoms with Gasteiger partial charge in [0.25, 0.3) is 5.91 Å². The Morgan fingerprint density at radius 2 is 1.80 bits per heavy atom. The van der Waals surface area contributed by atoms with Crippen LogP contribution in [0.4, 0.5) is 0 Å². The minimum absolute atomic E-state index is 0.203. The van der Waals surface area contributed by atoms with E-state index in [-0.39, 0.29) is 5.91 Å². The average Bonchev–Trinajstić information content (AvgIpc) is 3.06. The van der Waals surface area contributed by atoms with Gasteiger partial charge in [-0.3, -0.25) is 14.7 Å². The molecule has 0 unspecified atom stereocenters. The van der Waals surface area contributed by atoms with E-state index in [4.69, 9.17) is 46.4 Å². The van der Waals surface area contributed by atoms with Gasteiger partial charge in [0.2, 0.25) is 0 Å². The van der Waals surface area contributed by atoms with Crippen molar-refractivity contribution in [1.82, 2.24) is 4.90 Å². The van der Waals surface area contributed by atoms with Crippen LogP contribution in [0.3, 0.4) is 0 Å². The van der Waals surface area contributed by atoms with E-state index in [2.05, 4.69) is 4.99 Å². The Hall–Kier alpha value is -0.910. The van der Waals surface area contributed by atoms with E-state index in [1.165, 1.54) is 11.8 Å². The molecule has 130 valence electrons. The number of hydrogen-bond acceptors (Lipinski definition) is 3. The summed E-state index contributed by atoms with van der Waals surface area (Å²) in [4.78, 5) is 18.8. The molecule has 0 atom stereocenters. The fourth-order valence-electron chi connectivity index (χ4n) is 2.32. The van der Waals surface area contributed by atoms with Crippen LogP contribution >= 0.6 is 58.2 Å². The molecular weight excluding hydrogens is 422 g/mol. The van der Waals surface area contributed by atoms with Crippen LogP contribution in [-0.4, -0.2) is 29.1 Å². The Kier molecular flexibility index (Phi) is 6.18. The normalized spacial score (nSPS) is 13.9. The molecule has 2 aromatic carbocycles. The van der Waals surface area contributed by atoms with E-state index < -0.39 is 0 Å². The Morgan fingerprint density at radius 1 is 1.04 bits per heavy atom. The van der Waals surface area contributed by atoms with E-state index >= 15 is 0 Å². The zero-order valence-corrected chi connectivity index (χ0v) is 16.6. The van der Waals surface area contributed by atoms with Gasteiger partial charge < -0.3 is 0 Å². The summed E-state index contributed by atoms with van der Waals surface area (Å²) < 4.78 is 0. The topological polar surface area (TPSA) is 32.7 Å². The van der Waals surface area contributed by atoms with Crippen LogP contribution in [0.1, 0.15) is 15.9 Å². The predicted octanol–water partition coefficient (Wildman–Crippen LogP) is 6.05. The van der Waals surface area contributed by atoms with Gasteiger partial charge in [-0.05, 0) is 35.9 Å². The third-order valence-electron chi connectivity index (χ3n) is 3.56. The number of carbonyl (C=O) groups is 1. The van der Waals surface area contributed by atoms with Crippen molar-refractivity contribution in [2.75, 3.05) is 13.1 Å². The quantitative estimate of drug-likeness (QED) is 0.590. The van der Waals surface area contributed by atoms with Crippen molar-refractivity contribution < 1.29 is 4.79 Å². The first-order valence-electron chi connectivity index (χ1n) is 7.34. The fraction of sp³-hybridized carbons (Fsp3) is 0.176. The van der Waals surface area contributed by atoms with Crippen LogP contribution in [-0.2, 0) is 5.75 Å². The predicted molar refractivity (Wildman–Crippen MR) is 108 cm³/mol. The summed E-state index contributed by atoms with van der Waals surface area (Å²) in [5.41, 5.74) is 1.38. The molecule has 0 aromatic heterocycles. The molecule has 8 heteroatoms. The van der Waals surface area contributed by atoms with E-state index in [0.29, 0.717) is 49.7 Å². The number of halogens is 4. The van der Waals surface area contributed by atoms with E-state index in [1.54, 1.807) is 29.2 Å². The van der Waals surface area contributed by atoms with Gasteiger partial charge in [0, 0.05) is 17.3 Å². The van der Waals surface area contributed by atoms with E-state index in [0.717, 1.165) is 5.56 Å². The summed E-state index contributed by atoms with van der Waals surface area (Å²) >= 11 is 25.6. The van der Waals surface area contributed by atoms with Gasteiger partial charge in [0.15, 0.2) is 5.17 Å². The number of benzene rings is 2. The highest BCUT2D eigenvalue weighted by atomic mass is 35.5. The van der Waals surface area contributed by atoms with Crippen molar-refractivity contribution in [3.8, 4) is 0 Å². The molecule has 1 amide bonds. The molecule has 2 aromatic rings. The first-order valence-corrected chi connectivity index (χ1v) is 9.83. The molecule has 0 aliphatic carbocycles. The van der Waals surface area contributed by atoms with Gasteiger partial charge in [0.1, 0.15) is 0 Å². The maximum absolute atomic E-state index is 12.8. The van der Waals surface area contributed by atoms with Gasteiger partial charge in [0.05, 0.1) is 27.2 Å². The van der Waals surface area contributed by atoms with Crippen LogP contribution in [0.15, 0.2) is 41.4 Å². The maximum Gasteiger partial charge on any atom is 0.261 e. The second kappa shape index (κ2) is 8.19. The lowest BCUT2D eigenvalue weighted by Crippen LogP contribution is -2.33. The number of nitrogens with zero attached hydrogens (tertiary/aromatic N) is 2. The van der Waals surface area contributed by atoms with Crippen LogP contribution in [0.2, 0.25) is 20.1 Å². The number of thioether (sulfide) groups is 1. The van der Waals surface area contributed by atoms with Gasteiger partial charge >= 0.3 is 0 Å². The lowest BCUT2D eigenvalue weighted by atomic mass is 10.2. The first-order chi connectivity index (χ1) is 12.0. The summed E-state index contributed by atoms with van der Waals surface area (Å²) in [6.07, 6.45) is 0. The van der Waals surface area contributed by atoms with Gasteiger partial charge in [-0.15, -0.1) is 0 Å². The zero-order valence-electron chi connectivity index (χ0n) is 12.8. The molecule has 0 radical (unpaired) electrons. The number of hydrogen-bond donors (Lipinski definition) is 0. The molecule has 0 bridgehead atoms. The smallest absolute Gasteiger partial charge is 0.261 e. The van der Waals surface area contributed by atoms with Crippen molar-refractivity contribution in [1.29, 1.82) is 0 Å². The van der Waals surface area contributed by atoms with Gasteiger partial charge in [-0.2, -0.15) is 0 Å². The minimum Gasteiger partial charge on any atom is -0.286 e. The molecule has 0 fully saturated rings. The second-order valence-corrected chi connectivity index (χ2v) is 7.88. The fourth-order valence-corrected chi connectivity index (χ4v) is 4.00. The summed E-state index contributed by atoms with van der Waals surface area (Å²) in [6, 6.07) is 10.3. The number of amides is 1. The lowest BCUT2D eigenvalue weighted by molar-refractivity contribution is 0.0861. The van der Waals surface area contributed by atoms with Crippen molar-refractivity contribution >= 4 is 69.2 Å². The molecule has 1 aliphatic heterocycles. The van der Waals surface area contributed by atoms with Crippen LogP contribution < -0.4 is 0 Å². The van der Waals surface area contributed by atoms with Crippen molar-refractivity contribution in [3.05, 3.63) is 67.6 Å². The molecule has 0 N–H and O–H groups in total. The van der Waals surface area contributed by atoms with Crippen molar-refractivity contribution in [2.24, 2.45) is 4.99 Å². The van der Waals surface area contributed by atoms with Crippen LogP contribution in [0, 0.1) is 0 Å². The largest absolute Gasteiger partial charge is 0.286 e. The number of amidine groups is 1. The Bertz CT molecular complexity index is 857. The zero-order chi connectivity index (χ0) is 18.0. The third-order valence-corrected chi connectivity index (χ3v) is 5.95. The van der Waals surface area contributed by atoms with Crippen LogP contribution in [0.25, 0.3) is 0 Å². The summed E-state index contributed by atoms with van der Waals surface area (Å²) in [5.74, 6) is 0.424. The average molecular weight is 434 g/mol. The first kappa shape index (κ1) is 18.9. The molecule has 3 nitrogen and oxygen atoms in total. The van der Waals surface area contributed by atoms with Crippen molar-refractivity contribution in [3.63, 3.8) is 0 Å². The third kappa shape index (κ3) is 4.44. The molecule has 0 saturated carbocycles. The highest BCUT2D eigenvalue weighted by Crippen LogP contribution is 2.28. The number of rotatable bonds is 3. The standard InChI is InChI=1S/C17H12Cl4N2OS/c18-11-2-4-13(19)12(8-11)16(24)23-6-5-22-17(23)25-9-10-1-3-14(20)15(21)7-10/h1-4,7-8H,5-6,9H2. The highest BCUT2D eigenvalue weighted by molar-refractivity contribution is 8.13. The summed E-state index contributed by atoms with van der Waals surface area (Å²) in [7, 11) is 0. The minimum atomic E-state index is -0.203. The van der Waals surface area contributed by atoms with Crippen LogP contribution in [0.5, 0.6) is 0 Å². The Labute approximate surface area is 169 Å². The molecular formula is C17H12Cl4N2OS. The molecule has 25 heavy (non-hydrogen) atoms. The van der Waals surface area contributed by atoms with Crippen molar-refractivity contribution in [2.45, 2.75) is 5.75 Å². The Morgan fingerprint density at radius 3 is 2.56 bits per heavy atom. The maximum atomic E-state index is 12.8. The molecule has 1 heterocycles. The lowest BCUT2D eigenvalue weighted by Gasteiger charge is -2.18. The molecule has 3 rings (SSSR count). The summed E-state index contributed by atoms with van der Waals surface area (Å²) in [5, 5.41) is 2.52.